The van der Waals surface area contributed by atoms with Crippen LogP contribution in [0.5, 0.6) is 5.75 Å². The Balaban J connectivity index is 2.30. The van der Waals surface area contributed by atoms with Crippen molar-refractivity contribution in [1.82, 2.24) is 4.90 Å². The average molecular weight is 241 g/mol. The molecule has 0 aliphatic carbocycles. The average Bonchev–Trinajstić information content (AvgIpc) is 2.97. The van der Waals surface area contributed by atoms with Crippen LogP contribution in [0.15, 0.2) is 23.4 Å². The van der Waals surface area contributed by atoms with E-state index in [1.54, 1.807) is 19.2 Å². The zero-order valence-corrected chi connectivity index (χ0v) is 9.90. The minimum absolute atomic E-state index is 0.423. The summed E-state index contributed by atoms with van der Waals surface area (Å²) < 4.78 is 5.06. The largest absolute Gasteiger partial charge is 0.495 e. The fraction of sp³-hybridized carbons (Fsp3) is 0.364. The van der Waals surface area contributed by atoms with Crippen molar-refractivity contribution >= 4 is 17.4 Å². The highest BCUT2D eigenvalue weighted by Crippen LogP contribution is 2.28. The maximum Gasteiger partial charge on any atom is 0.175 e. The van der Waals surface area contributed by atoms with Gasteiger partial charge in [0.1, 0.15) is 5.75 Å². The molecule has 0 bridgehead atoms. The van der Waals surface area contributed by atoms with E-state index in [4.69, 9.17) is 21.5 Å². The Hall–Kier alpha value is -1.42. The Kier molecular flexibility index (Phi) is 2.92. The molecule has 1 fully saturated rings. The Morgan fingerprint density at radius 1 is 1.62 bits per heavy atom. The molecule has 1 aromatic rings. The Morgan fingerprint density at radius 2 is 2.31 bits per heavy atom. The van der Waals surface area contributed by atoms with Crippen LogP contribution in [0.3, 0.4) is 0 Å². The summed E-state index contributed by atoms with van der Waals surface area (Å²) in [5.74, 6) is 1.17. The van der Waals surface area contributed by atoms with Crippen LogP contribution in [0.2, 0.25) is 5.02 Å². The highest BCUT2D eigenvalue weighted by atomic mass is 35.5. The van der Waals surface area contributed by atoms with Crippen molar-refractivity contribution in [3.8, 4) is 5.75 Å². The quantitative estimate of drug-likeness (QED) is 0.283. The van der Waals surface area contributed by atoms with E-state index in [0.717, 1.165) is 12.1 Å². The summed E-state index contributed by atoms with van der Waals surface area (Å²) in [5.41, 5.74) is 0.789. The molecule has 1 aliphatic heterocycles. The van der Waals surface area contributed by atoms with Crippen LogP contribution >= 0.6 is 11.6 Å². The Morgan fingerprint density at radius 3 is 2.75 bits per heavy atom. The normalized spacial score (nSPS) is 19.8. The molecule has 0 amide bonds. The van der Waals surface area contributed by atoms with Gasteiger partial charge in [-0.25, -0.2) is 0 Å². The van der Waals surface area contributed by atoms with Gasteiger partial charge in [0.25, 0.3) is 0 Å². The van der Waals surface area contributed by atoms with Crippen molar-refractivity contribution in [3.63, 3.8) is 0 Å². The van der Waals surface area contributed by atoms with Crippen LogP contribution in [0.1, 0.15) is 12.5 Å². The second kappa shape index (κ2) is 4.22. The number of hydrogen-bond acceptors (Lipinski definition) is 3. The van der Waals surface area contributed by atoms with Crippen molar-refractivity contribution in [2.45, 2.75) is 13.0 Å². The lowest BCUT2D eigenvalue weighted by Crippen LogP contribution is -2.14. The number of methoxy groups -OCH3 is 1. The van der Waals surface area contributed by atoms with E-state index < -0.39 is 0 Å². The van der Waals surface area contributed by atoms with Crippen LogP contribution in [0, 0.1) is 0 Å². The number of ether oxygens (including phenoxy) is 1. The molecule has 5 heteroatoms. The third kappa shape index (κ3) is 1.93. The third-order valence-electron chi connectivity index (χ3n) is 2.64. The molecule has 2 rings (SSSR count). The first-order valence-corrected chi connectivity index (χ1v) is 5.37. The minimum atomic E-state index is 0.423. The first-order valence-electron chi connectivity index (χ1n) is 5.00. The second-order valence-electron chi connectivity index (χ2n) is 3.77. The molecule has 0 radical (unpaired) electrons. The highest BCUT2D eigenvalue weighted by Gasteiger charge is 2.33. The van der Waals surface area contributed by atoms with Crippen LogP contribution in [0.25, 0.3) is 0 Å². The van der Waals surface area contributed by atoms with E-state index >= 15 is 0 Å². The number of amidine groups is 1. The molecule has 0 saturated carbocycles. The van der Waals surface area contributed by atoms with Crippen molar-refractivity contribution < 1.29 is 9.94 Å². The minimum Gasteiger partial charge on any atom is -0.495 e. The molecule has 1 saturated heterocycles. The number of benzene rings is 1. The van der Waals surface area contributed by atoms with E-state index in [1.165, 1.54) is 0 Å². The molecule has 1 atom stereocenters. The van der Waals surface area contributed by atoms with Gasteiger partial charge in [-0.1, -0.05) is 16.8 Å². The molecule has 1 unspecified atom stereocenters. The molecule has 0 spiro atoms. The molecule has 4 nitrogen and oxygen atoms in total. The van der Waals surface area contributed by atoms with E-state index in [0.29, 0.717) is 22.6 Å². The lowest BCUT2D eigenvalue weighted by molar-refractivity contribution is 0.313. The number of rotatable bonds is 2. The van der Waals surface area contributed by atoms with Crippen molar-refractivity contribution in [2.24, 2.45) is 5.16 Å². The maximum atomic E-state index is 9.00. The number of hydrogen-bond donors (Lipinski definition) is 1. The second-order valence-corrected chi connectivity index (χ2v) is 4.18. The van der Waals surface area contributed by atoms with Crippen LogP contribution in [-0.4, -0.2) is 35.6 Å². The topological polar surface area (TPSA) is 44.8 Å². The van der Waals surface area contributed by atoms with Gasteiger partial charge in [-0.2, -0.15) is 0 Å². The zero-order valence-electron chi connectivity index (χ0n) is 9.14. The van der Waals surface area contributed by atoms with Gasteiger partial charge in [0.15, 0.2) is 5.84 Å². The lowest BCUT2D eigenvalue weighted by atomic mass is 10.2. The monoisotopic (exact) mass is 240 g/mol. The molecule has 86 valence electrons. The first kappa shape index (κ1) is 11.1. The van der Waals surface area contributed by atoms with Gasteiger partial charge in [-0.3, -0.25) is 0 Å². The van der Waals surface area contributed by atoms with Crippen LogP contribution < -0.4 is 4.74 Å². The molecule has 1 aromatic carbocycles. The standard InChI is InChI=1S/C11H13ClN2O2/c1-7-6-14(7)11(13-15)8-3-4-10(16-2)9(12)5-8/h3-5,7,15H,6H2,1-2H3/b13-11-. The summed E-state index contributed by atoms with van der Waals surface area (Å²) in [5, 5.41) is 12.8. The van der Waals surface area contributed by atoms with Gasteiger partial charge in [-0.15, -0.1) is 0 Å². The van der Waals surface area contributed by atoms with Crippen molar-refractivity contribution in [3.05, 3.63) is 28.8 Å². The van der Waals surface area contributed by atoms with Gasteiger partial charge in [-0.05, 0) is 25.1 Å². The summed E-state index contributed by atoms with van der Waals surface area (Å²) in [4.78, 5) is 1.98. The fourth-order valence-corrected chi connectivity index (χ4v) is 1.88. The van der Waals surface area contributed by atoms with Gasteiger partial charge in [0.05, 0.1) is 12.1 Å². The molecular formula is C11H13ClN2O2. The molecule has 1 heterocycles. The number of halogens is 1. The zero-order chi connectivity index (χ0) is 11.7. The van der Waals surface area contributed by atoms with E-state index in [2.05, 4.69) is 12.1 Å². The fourth-order valence-electron chi connectivity index (χ4n) is 1.62. The first-order chi connectivity index (χ1) is 7.67. The van der Waals surface area contributed by atoms with E-state index in [9.17, 15) is 0 Å². The summed E-state index contributed by atoms with van der Waals surface area (Å²) in [7, 11) is 1.56. The summed E-state index contributed by atoms with van der Waals surface area (Å²) in [6.45, 7) is 2.97. The molecule has 0 aromatic heterocycles. The molecule has 1 N–H and O–H groups in total. The van der Waals surface area contributed by atoms with Crippen LogP contribution in [-0.2, 0) is 0 Å². The maximum absolute atomic E-state index is 9.00. The summed E-state index contributed by atoms with van der Waals surface area (Å²) in [6, 6.07) is 5.74. The van der Waals surface area contributed by atoms with Gasteiger partial charge in [0.2, 0.25) is 0 Å². The smallest absolute Gasteiger partial charge is 0.175 e. The predicted molar refractivity (Wildman–Crippen MR) is 62.5 cm³/mol. The van der Waals surface area contributed by atoms with E-state index in [1.807, 2.05) is 11.0 Å². The van der Waals surface area contributed by atoms with Gasteiger partial charge >= 0.3 is 0 Å². The summed E-state index contributed by atoms with van der Waals surface area (Å²) in [6.07, 6.45) is 0. The Labute approximate surface area is 99.1 Å². The SMILES string of the molecule is COc1ccc(/C(=N/O)N2CC2C)cc1Cl. The number of oxime groups is 1. The van der Waals surface area contributed by atoms with Crippen molar-refractivity contribution in [2.75, 3.05) is 13.7 Å². The van der Waals surface area contributed by atoms with Crippen molar-refractivity contribution in [1.29, 1.82) is 0 Å². The highest BCUT2D eigenvalue weighted by molar-refractivity contribution is 6.32. The third-order valence-corrected chi connectivity index (χ3v) is 2.93. The van der Waals surface area contributed by atoms with Crippen LogP contribution in [0.4, 0.5) is 0 Å². The molecular weight excluding hydrogens is 228 g/mol. The summed E-state index contributed by atoms with van der Waals surface area (Å²) >= 11 is 6.01. The van der Waals surface area contributed by atoms with Gasteiger partial charge in [0, 0.05) is 18.2 Å². The lowest BCUT2D eigenvalue weighted by Gasteiger charge is -2.09. The number of nitrogens with zero attached hydrogens (tertiary/aromatic N) is 2. The Bertz CT molecular complexity index is 434. The molecule has 1 aliphatic rings. The molecule has 16 heavy (non-hydrogen) atoms. The van der Waals surface area contributed by atoms with Gasteiger partial charge < -0.3 is 14.8 Å². The van der Waals surface area contributed by atoms with E-state index in [-0.39, 0.29) is 0 Å². The predicted octanol–water partition coefficient (Wildman–Crippen LogP) is 2.19.